The van der Waals surface area contributed by atoms with Crippen molar-refractivity contribution in [2.45, 2.75) is 12.5 Å². The highest BCUT2D eigenvalue weighted by molar-refractivity contribution is 9.10. The van der Waals surface area contributed by atoms with E-state index in [0.717, 1.165) is 26.6 Å². The Morgan fingerprint density at radius 3 is 2.71 bits per heavy atom. The third kappa shape index (κ3) is 3.26. The number of para-hydroxylation sites is 1. The van der Waals surface area contributed by atoms with Crippen LogP contribution in [-0.2, 0) is 6.42 Å². The molecule has 0 aliphatic heterocycles. The lowest BCUT2D eigenvalue weighted by molar-refractivity contribution is 0.709. The predicted octanol–water partition coefficient (Wildman–Crippen LogP) is 4.89. The zero-order chi connectivity index (χ0) is 14.8. The molecule has 3 rings (SSSR count). The van der Waals surface area contributed by atoms with Gasteiger partial charge in [-0.3, -0.25) is 4.98 Å². The molecular formula is C17H14BrClN2. The van der Waals surface area contributed by atoms with Gasteiger partial charge in [-0.15, -0.1) is 0 Å². The monoisotopic (exact) mass is 360 g/mol. The van der Waals surface area contributed by atoms with Crippen molar-refractivity contribution < 1.29 is 0 Å². The van der Waals surface area contributed by atoms with Gasteiger partial charge < -0.3 is 5.73 Å². The van der Waals surface area contributed by atoms with Crippen molar-refractivity contribution in [2.75, 3.05) is 0 Å². The summed E-state index contributed by atoms with van der Waals surface area (Å²) in [7, 11) is 0. The summed E-state index contributed by atoms with van der Waals surface area (Å²) in [6, 6.07) is 17.8. The van der Waals surface area contributed by atoms with Gasteiger partial charge in [0, 0.05) is 33.0 Å². The van der Waals surface area contributed by atoms with E-state index in [9.17, 15) is 0 Å². The van der Waals surface area contributed by atoms with Crippen molar-refractivity contribution in [1.29, 1.82) is 0 Å². The molecule has 106 valence electrons. The van der Waals surface area contributed by atoms with Gasteiger partial charge in [-0.1, -0.05) is 57.9 Å². The Balaban J connectivity index is 1.87. The number of aromatic nitrogens is 1. The first-order chi connectivity index (χ1) is 10.1. The summed E-state index contributed by atoms with van der Waals surface area (Å²) < 4.78 is 0.951. The molecule has 1 heterocycles. The predicted molar refractivity (Wildman–Crippen MR) is 91.5 cm³/mol. The van der Waals surface area contributed by atoms with E-state index in [-0.39, 0.29) is 6.04 Å². The van der Waals surface area contributed by atoms with Crippen LogP contribution in [0.1, 0.15) is 17.3 Å². The van der Waals surface area contributed by atoms with Crippen molar-refractivity contribution >= 4 is 38.4 Å². The molecule has 2 N–H and O–H groups in total. The van der Waals surface area contributed by atoms with Crippen molar-refractivity contribution in [1.82, 2.24) is 4.98 Å². The molecule has 0 radical (unpaired) electrons. The van der Waals surface area contributed by atoms with Crippen LogP contribution in [0.25, 0.3) is 10.9 Å². The van der Waals surface area contributed by atoms with Crippen LogP contribution in [0.2, 0.25) is 5.02 Å². The first kappa shape index (κ1) is 14.5. The summed E-state index contributed by atoms with van der Waals surface area (Å²) in [6.45, 7) is 0. The maximum absolute atomic E-state index is 6.28. The van der Waals surface area contributed by atoms with Gasteiger partial charge in [0.25, 0.3) is 0 Å². The van der Waals surface area contributed by atoms with E-state index in [1.807, 2.05) is 42.5 Å². The molecule has 1 aromatic heterocycles. The molecule has 1 atom stereocenters. The Bertz CT molecular complexity index is 789. The summed E-state index contributed by atoms with van der Waals surface area (Å²) in [5.74, 6) is 0. The quantitative estimate of drug-likeness (QED) is 0.721. The number of hydrogen-bond acceptors (Lipinski definition) is 2. The van der Waals surface area contributed by atoms with Crippen LogP contribution in [0.5, 0.6) is 0 Å². The van der Waals surface area contributed by atoms with Gasteiger partial charge in [0.05, 0.1) is 5.52 Å². The summed E-state index contributed by atoms with van der Waals surface area (Å²) in [4.78, 5) is 4.66. The average Bonchev–Trinajstić information content (AvgIpc) is 2.47. The topological polar surface area (TPSA) is 38.9 Å². The van der Waals surface area contributed by atoms with Gasteiger partial charge in [-0.2, -0.15) is 0 Å². The highest BCUT2D eigenvalue weighted by atomic mass is 79.9. The SMILES string of the molecule is NC(Cc1ccc2ccccc2n1)c1ccc(Br)cc1Cl. The molecule has 2 nitrogen and oxygen atoms in total. The second-order valence-corrected chi connectivity index (χ2v) is 6.29. The fourth-order valence-corrected chi connectivity index (χ4v) is 3.17. The zero-order valence-electron chi connectivity index (χ0n) is 11.3. The Kier molecular flexibility index (Phi) is 4.24. The fourth-order valence-electron chi connectivity index (χ4n) is 2.36. The van der Waals surface area contributed by atoms with Gasteiger partial charge >= 0.3 is 0 Å². The molecule has 3 aromatic rings. The summed E-state index contributed by atoms with van der Waals surface area (Å²) in [5.41, 5.74) is 9.18. The van der Waals surface area contributed by atoms with Crippen LogP contribution in [0.3, 0.4) is 0 Å². The summed E-state index contributed by atoms with van der Waals surface area (Å²) in [6.07, 6.45) is 0.659. The third-order valence-corrected chi connectivity index (χ3v) is 4.27. The van der Waals surface area contributed by atoms with E-state index < -0.39 is 0 Å². The van der Waals surface area contributed by atoms with Crippen molar-refractivity contribution in [3.05, 3.63) is 75.4 Å². The lowest BCUT2D eigenvalue weighted by Crippen LogP contribution is -2.14. The number of fused-ring (bicyclic) bond motifs is 1. The van der Waals surface area contributed by atoms with E-state index >= 15 is 0 Å². The van der Waals surface area contributed by atoms with Crippen molar-refractivity contribution in [3.63, 3.8) is 0 Å². The second-order valence-electron chi connectivity index (χ2n) is 4.97. The molecule has 1 unspecified atom stereocenters. The van der Waals surface area contributed by atoms with Crippen LogP contribution < -0.4 is 5.73 Å². The van der Waals surface area contributed by atoms with Crippen molar-refractivity contribution in [3.8, 4) is 0 Å². The van der Waals surface area contributed by atoms with Crippen LogP contribution >= 0.6 is 27.5 Å². The highest BCUT2D eigenvalue weighted by Gasteiger charge is 2.12. The largest absolute Gasteiger partial charge is 0.324 e. The minimum Gasteiger partial charge on any atom is -0.324 e. The number of benzene rings is 2. The van der Waals surface area contributed by atoms with E-state index in [1.54, 1.807) is 0 Å². The highest BCUT2D eigenvalue weighted by Crippen LogP contribution is 2.27. The minimum absolute atomic E-state index is 0.167. The molecule has 0 bridgehead atoms. The summed E-state index contributed by atoms with van der Waals surface area (Å²) in [5, 5.41) is 1.81. The number of nitrogens with zero attached hydrogens (tertiary/aromatic N) is 1. The van der Waals surface area contributed by atoms with Gasteiger partial charge in [0.2, 0.25) is 0 Å². The van der Waals surface area contributed by atoms with E-state index in [0.29, 0.717) is 11.4 Å². The number of hydrogen-bond donors (Lipinski definition) is 1. The molecule has 0 fully saturated rings. The van der Waals surface area contributed by atoms with Crippen LogP contribution in [-0.4, -0.2) is 4.98 Å². The Morgan fingerprint density at radius 1 is 1.10 bits per heavy atom. The lowest BCUT2D eigenvalue weighted by atomic mass is 10.0. The first-order valence-corrected chi connectivity index (χ1v) is 7.86. The number of rotatable bonds is 3. The minimum atomic E-state index is -0.167. The molecule has 0 aliphatic rings. The fraction of sp³-hybridized carbons (Fsp3) is 0.118. The van der Waals surface area contributed by atoms with Crippen LogP contribution in [0.15, 0.2) is 59.1 Å². The van der Waals surface area contributed by atoms with Gasteiger partial charge in [-0.25, -0.2) is 0 Å². The van der Waals surface area contributed by atoms with E-state index in [4.69, 9.17) is 17.3 Å². The van der Waals surface area contributed by atoms with Gasteiger partial charge in [0.15, 0.2) is 0 Å². The van der Waals surface area contributed by atoms with E-state index in [1.165, 1.54) is 0 Å². The van der Waals surface area contributed by atoms with E-state index in [2.05, 4.69) is 33.0 Å². The Morgan fingerprint density at radius 2 is 1.90 bits per heavy atom. The standard InChI is InChI=1S/C17H14BrClN2/c18-12-6-8-14(15(19)9-12)16(20)10-13-7-5-11-3-1-2-4-17(11)21-13/h1-9,16H,10,20H2. The maximum atomic E-state index is 6.28. The molecule has 2 aromatic carbocycles. The normalized spacial score (nSPS) is 12.5. The van der Waals surface area contributed by atoms with Gasteiger partial charge in [-0.05, 0) is 29.8 Å². The molecule has 0 aliphatic carbocycles. The third-order valence-electron chi connectivity index (χ3n) is 3.45. The van der Waals surface area contributed by atoms with Crippen LogP contribution in [0, 0.1) is 0 Å². The first-order valence-electron chi connectivity index (χ1n) is 6.69. The smallest absolute Gasteiger partial charge is 0.0705 e. The molecule has 4 heteroatoms. The molecule has 0 saturated heterocycles. The maximum Gasteiger partial charge on any atom is 0.0705 e. The van der Waals surface area contributed by atoms with Crippen LogP contribution in [0.4, 0.5) is 0 Å². The lowest BCUT2D eigenvalue weighted by Gasteiger charge is -2.14. The average molecular weight is 362 g/mol. The number of nitrogens with two attached hydrogens (primary N) is 1. The zero-order valence-corrected chi connectivity index (χ0v) is 13.6. The van der Waals surface area contributed by atoms with Crippen molar-refractivity contribution in [2.24, 2.45) is 5.73 Å². The number of halogens is 2. The second kappa shape index (κ2) is 6.14. The molecular weight excluding hydrogens is 348 g/mol. The Labute approximate surface area is 137 Å². The number of pyridine rings is 1. The summed E-state index contributed by atoms with van der Waals surface area (Å²) >= 11 is 9.66. The Hall–Kier alpha value is -1.42. The molecule has 21 heavy (non-hydrogen) atoms. The van der Waals surface area contributed by atoms with Gasteiger partial charge in [0.1, 0.15) is 0 Å². The molecule has 0 amide bonds. The molecule has 0 spiro atoms. The molecule has 0 saturated carbocycles.